The fourth-order valence-corrected chi connectivity index (χ4v) is 7.54. The Morgan fingerprint density at radius 2 is 1.30 bits per heavy atom. The van der Waals surface area contributed by atoms with Gasteiger partial charge in [-0.2, -0.15) is 0 Å². The van der Waals surface area contributed by atoms with Crippen molar-refractivity contribution in [3.8, 4) is 0 Å². The molecule has 0 aromatic carbocycles. The van der Waals surface area contributed by atoms with Crippen molar-refractivity contribution >= 4 is 0 Å². The molecule has 0 amide bonds. The van der Waals surface area contributed by atoms with Crippen LogP contribution in [0.1, 0.15) is 65.7 Å². The first kappa shape index (κ1) is 15.2. The summed E-state index contributed by atoms with van der Waals surface area (Å²) in [5, 5.41) is 21.6. The molecule has 7 saturated carbocycles. The monoisotopic (exact) mass is 320 g/mol. The molecule has 8 bridgehead atoms. The van der Waals surface area contributed by atoms with Crippen molar-refractivity contribution in [3.05, 3.63) is 0 Å². The van der Waals surface area contributed by atoms with E-state index in [1.807, 2.05) is 0 Å². The van der Waals surface area contributed by atoms with Crippen LogP contribution in [0.5, 0.6) is 0 Å². The van der Waals surface area contributed by atoms with Gasteiger partial charge in [-0.15, -0.1) is 0 Å². The molecule has 3 heteroatoms. The maximum absolute atomic E-state index is 10.9. The van der Waals surface area contributed by atoms with Crippen molar-refractivity contribution in [1.29, 1.82) is 0 Å². The number of hydrogen-bond acceptors (Lipinski definition) is 3. The lowest BCUT2D eigenvalue weighted by atomic mass is 9.34. The molecule has 0 radical (unpaired) electrons. The molecule has 3 nitrogen and oxygen atoms in total. The molecular formula is C20H32O3. The second-order valence-electron chi connectivity index (χ2n) is 10.4. The van der Waals surface area contributed by atoms with Gasteiger partial charge in [0.1, 0.15) is 0 Å². The molecule has 130 valence electrons. The summed E-state index contributed by atoms with van der Waals surface area (Å²) in [5.74, 6) is 4.47. The first-order valence-electron chi connectivity index (χ1n) is 9.84. The lowest BCUT2D eigenvalue weighted by molar-refractivity contribution is -0.332. The Morgan fingerprint density at radius 3 is 1.70 bits per heavy atom. The van der Waals surface area contributed by atoms with E-state index in [2.05, 4.69) is 20.8 Å². The van der Waals surface area contributed by atoms with Gasteiger partial charge in [0.2, 0.25) is 0 Å². The van der Waals surface area contributed by atoms with Gasteiger partial charge >= 0.3 is 0 Å². The van der Waals surface area contributed by atoms with Crippen molar-refractivity contribution in [3.63, 3.8) is 0 Å². The quantitative estimate of drug-likeness (QED) is 0.781. The van der Waals surface area contributed by atoms with Gasteiger partial charge in [0.15, 0.2) is 6.29 Å². The van der Waals surface area contributed by atoms with Crippen LogP contribution in [-0.4, -0.2) is 27.7 Å². The molecule has 0 saturated heterocycles. The molecule has 7 fully saturated rings. The molecule has 7 rings (SSSR count). The van der Waals surface area contributed by atoms with E-state index in [4.69, 9.17) is 4.74 Å². The first-order chi connectivity index (χ1) is 10.8. The van der Waals surface area contributed by atoms with Crippen LogP contribution in [0.15, 0.2) is 0 Å². The maximum Gasteiger partial charge on any atom is 0.160 e. The van der Waals surface area contributed by atoms with Crippen molar-refractivity contribution in [1.82, 2.24) is 0 Å². The summed E-state index contributed by atoms with van der Waals surface area (Å²) in [7, 11) is 0. The van der Waals surface area contributed by atoms with Crippen LogP contribution in [0.2, 0.25) is 0 Å². The minimum absolute atomic E-state index is 0.0673. The molecule has 0 aromatic rings. The predicted octanol–water partition coefficient (Wildman–Crippen LogP) is 3.33. The lowest BCUT2D eigenvalue weighted by Crippen LogP contribution is -2.71. The average molecular weight is 320 g/mol. The zero-order chi connectivity index (χ0) is 16.2. The number of aliphatic hydroxyl groups excluding tert-OH is 1. The smallest absolute Gasteiger partial charge is 0.160 e. The third-order valence-corrected chi connectivity index (χ3v) is 8.91. The molecule has 1 atom stereocenters. The summed E-state index contributed by atoms with van der Waals surface area (Å²) in [6.45, 7) is 6.35. The highest BCUT2D eigenvalue weighted by molar-refractivity contribution is 5.20. The van der Waals surface area contributed by atoms with Crippen LogP contribution in [-0.2, 0) is 4.74 Å². The highest BCUT2D eigenvalue weighted by Gasteiger charge is 2.71. The van der Waals surface area contributed by atoms with E-state index in [1.165, 1.54) is 0 Å². The number of hydrogen-bond donors (Lipinski definition) is 2. The van der Waals surface area contributed by atoms with Gasteiger partial charge in [0.25, 0.3) is 0 Å². The van der Waals surface area contributed by atoms with E-state index in [9.17, 15) is 10.2 Å². The molecular weight excluding hydrogens is 288 g/mol. The summed E-state index contributed by atoms with van der Waals surface area (Å²) >= 11 is 0. The van der Waals surface area contributed by atoms with E-state index in [0.717, 1.165) is 80.5 Å². The highest BCUT2D eigenvalue weighted by atomic mass is 16.6. The summed E-state index contributed by atoms with van der Waals surface area (Å²) in [6.07, 6.45) is 6.81. The second kappa shape index (κ2) is 4.34. The minimum Gasteiger partial charge on any atom is -0.390 e. The zero-order valence-corrected chi connectivity index (χ0v) is 14.8. The summed E-state index contributed by atoms with van der Waals surface area (Å²) in [6, 6.07) is 0. The lowest BCUT2D eigenvalue weighted by Gasteiger charge is -2.73. The van der Waals surface area contributed by atoms with Gasteiger partial charge in [0.05, 0.1) is 11.2 Å². The van der Waals surface area contributed by atoms with Crippen molar-refractivity contribution in [2.45, 2.75) is 83.2 Å². The molecule has 2 N–H and O–H groups in total. The molecule has 7 aliphatic rings. The Morgan fingerprint density at radius 1 is 0.913 bits per heavy atom. The van der Waals surface area contributed by atoms with Gasteiger partial charge < -0.3 is 14.9 Å². The van der Waals surface area contributed by atoms with Crippen LogP contribution < -0.4 is 0 Å². The standard InChI is InChI=1S/C20H32O3/c1-4-18(2,3)17(21)23-20-8-14-11-5-19(22)6-12(14)16(10-20)13(7-19)15(11)9-20/h11-17,21-22H,4-10H2,1-3H3. The summed E-state index contributed by atoms with van der Waals surface area (Å²) in [4.78, 5) is 0. The van der Waals surface area contributed by atoms with Gasteiger partial charge in [-0.05, 0) is 80.5 Å². The number of ether oxygens (including phenoxy) is 1. The predicted molar refractivity (Wildman–Crippen MR) is 87.5 cm³/mol. The van der Waals surface area contributed by atoms with Crippen LogP contribution in [0.25, 0.3) is 0 Å². The van der Waals surface area contributed by atoms with Crippen LogP contribution >= 0.6 is 0 Å². The highest BCUT2D eigenvalue weighted by Crippen LogP contribution is 2.73. The number of rotatable bonds is 4. The summed E-state index contributed by atoms with van der Waals surface area (Å²) < 4.78 is 6.46. The Labute approximate surface area is 139 Å². The average Bonchev–Trinajstić information content (AvgIpc) is 2.50. The molecule has 0 heterocycles. The van der Waals surface area contributed by atoms with Crippen molar-refractivity contribution in [2.24, 2.45) is 40.9 Å². The number of aliphatic hydroxyl groups is 2. The molecule has 23 heavy (non-hydrogen) atoms. The van der Waals surface area contributed by atoms with E-state index >= 15 is 0 Å². The first-order valence-corrected chi connectivity index (χ1v) is 9.84. The van der Waals surface area contributed by atoms with Gasteiger partial charge in [0, 0.05) is 5.41 Å². The zero-order valence-electron chi connectivity index (χ0n) is 14.8. The van der Waals surface area contributed by atoms with E-state index < -0.39 is 6.29 Å². The van der Waals surface area contributed by atoms with E-state index in [1.54, 1.807) is 0 Å². The maximum atomic E-state index is 10.9. The Bertz CT molecular complexity index is 462. The fourth-order valence-electron chi connectivity index (χ4n) is 7.54. The normalized spacial score (nSPS) is 57.3. The van der Waals surface area contributed by atoms with Gasteiger partial charge in [-0.1, -0.05) is 20.8 Å². The SMILES string of the molecule is CCC(C)(C)C(O)OC12CC3C4CC5(O)CC3C(C1)C(C5)C4C2. The van der Waals surface area contributed by atoms with Crippen molar-refractivity contribution < 1.29 is 14.9 Å². The molecule has 0 aliphatic heterocycles. The third kappa shape index (κ3) is 1.88. The summed E-state index contributed by atoms with van der Waals surface area (Å²) in [5.41, 5.74) is -0.566. The Hall–Kier alpha value is -0.120. The minimum atomic E-state index is -0.651. The molecule has 1 unspecified atom stereocenters. The Balaban J connectivity index is 1.43. The molecule has 0 spiro atoms. The van der Waals surface area contributed by atoms with E-state index in [-0.39, 0.29) is 16.6 Å². The molecule has 7 aliphatic carbocycles. The topological polar surface area (TPSA) is 49.7 Å². The van der Waals surface area contributed by atoms with Gasteiger partial charge in [-0.3, -0.25) is 0 Å². The molecule has 0 aromatic heterocycles. The second-order valence-corrected chi connectivity index (χ2v) is 10.4. The fraction of sp³-hybridized carbons (Fsp3) is 1.00. The van der Waals surface area contributed by atoms with Crippen molar-refractivity contribution in [2.75, 3.05) is 0 Å². The van der Waals surface area contributed by atoms with E-state index in [0.29, 0.717) is 0 Å². The Kier molecular flexibility index (Phi) is 2.86. The van der Waals surface area contributed by atoms with Gasteiger partial charge in [-0.25, -0.2) is 0 Å². The third-order valence-electron chi connectivity index (χ3n) is 8.91. The van der Waals surface area contributed by atoms with Crippen LogP contribution in [0.3, 0.4) is 0 Å². The van der Waals surface area contributed by atoms with Crippen LogP contribution in [0, 0.1) is 40.9 Å². The largest absolute Gasteiger partial charge is 0.390 e. The van der Waals surface area contributed by atoms with Crippen LogP contribution in [0.4, 0.5) is 0 Å².